The molecule has 1 fully saturated rings. The molecule has 1 aliphatic heterocycles. The Morgan fingerprint density at radius 2 is 1.67 bits per heavy atom. The van der Waals surface area contributed by atoms with Crippen LogP contribution in [0.1, 0.15) is 12.5 Å². The van der Waals surface area contributed by atoms with Crippen molar-refractivity contribution in [3.05, 3.63) is 86.9 Å². The minimum absolute atomic E-state index is 0.248. The van der Waals surface area contributed by atoms with Gasteiger partial charge in [-0.05, 0) is 73.2 Å². The first-order chi connectivity index (χ1) is 18.7. The van der Waals surface area contributed by atoms with Gasteiger partial charge in [0, 0.05) is 10.7 Å². The van der Waals surface area contributed by atoms with Crippen LogP contribution in [-0.4, -0.2) is 37.0 Å². The van der Waals surface area contributed by atoms with E-state index in [9.17, 15) is 19.2 Å². The minimum Gasteiger partial charge on any atom is -0.490 e. The van der Waals surface area contributed by atoms with Gasteiger partial charge in [0.15, 0.2) is 18.1 Å². The number of anilines is 2. The molecular formula is C27H20Cl3N3O6. The van der Waals surface area contributed by atoms with Crippen LogP contribution < -0.4 is 25.0 Å². The number of urea groups is 1. The third kappa shape index (κ3) is 6.69. The summed E-state index contributed by atoms with van der Waals surface area (Å²) in [5.74, 6) is -1.54. The summed E-state index contributed by atoms with van der Waals surface area (Å²) in [4.78, 5) is 51.2. The fraction of sp³-hybridized carbons (Fsp3) is 0.111. The average Bonchev–Trinajstić information content (AvgIpc) is 2.89. The molecule has 4 rings (SSSR count). The summed E-state index contributed by atoms with van der Waals surface area (Å²) < 4.78 is 11.3. The highest BCUT2D eigenvalue weighted by Crippen LogP contribution is 2.31. The molecule has 0 bridgehead atoms. The van der Waals surface area contributed by atoms with Crippen LogP contribution in [0.3, 0.4) is 0 Å². The molecule has 0 saturated carbocycles. The highest BCUT2D eigenvalue weighted by atomic mass is 35.5. The lowest BCUT2D eigenvalue weighted by atomic mass is 10.1. The highest BCUT2D eigenvalue weighted by Gasteiger charge is 2.36. The third-order valence-corrected chi connectivity index (χ3v) is 6.32. The maximum atomic E-state index is 13.1. The number of hydrogen-bond donors (Lipinski definition) is 2. The van der Waals surface area contributed by atoms with Crippen LogP contribution in [0.25, 0.3) is 6.08 Å². The molecular weight excluding hydrogens is 569 g/mol. The normalized spacial score (nSPS) is 14.3. The van der Waals surface area contributed by atoms with Crippen LogP contribution in [0, 0.1) is 0 Å². The van der Waals surface area contributed by atoms with Crippen LogP contribution in [0.5, 0.6) is 11.5 Å². The maximum absolute atomic E-state index is 13.1. The first kappa shape index (κ1) is 28.0. The number of ether oxygens (including phenoxy) is 2. The molecule has 1 saturated heterocycles. The van der Waals surface area contributed by atoms with Crippen molar-refractivity contribution in [2.75, 3.05) is 23.4 Å². The second kappa shape index (κ2) is 12.2. The zero-order valence-electron chi connectivity index (χ0n) is 20.3. The quantitative estimate of drug-likeness (QED) is 0.257. The van der Waals surface area contributed by atoms with E-state index in [0.29, 0.717) is 26.3 Å². The van der Waals surface area contributed by atoms with Crippen molar-refractivity contribution in [3.63, 3.8) is 0 Å². The molecule has 5 amide bonds. The minimum atomic E-state index is -0.873. The van der Waals surface area contributed by atoms with Gasteiger partial charge in [-0.3, -0.25) is 19.7 Å². The Balaban J connectivity index is 1.52. The van der Waals surface area contributed by atoms with Crippen molar-refractivity contribution < 1.29 is 28.7 Å². The van der Waals surface area contributed by atoms with Crippen LogP contribution >= 0.6 is 34.8 Å². The highest BCUT2D eigenvalue weighted by molar-refractivity contribution is 6.42. The van der Waals surface area contributed by atoms with Gasteiger partial charge in [0.25, 0.3) is 17.7 Å². The number of rotatable bonds is 8. The molecule has 0 atom stereocenters. The van der Waals surface area contributed by atoms with Gasteiger partial charge in [-0.2, -0.15) is 0 Å². The summed E-state index contributed by atoms with van der Waals surface area (Å²) in [5.41, 5.74) is 0.862. The van der Waals surface area contributed by atoms with E-state index in [-0.39, 0.29) is 36.0 Å². The van der Waals surface area contributed by atoms with Crippen molar-refractivity contribution in [3.8, 4) is 11.5 Å². The molecule has 0 spiro atoms. The molecule has 9 nitrogen and oxygen atoms in total. The largest absolute Gasteiger partial charge is 0.490 e. The topological polar surface area (TPSA) is 114 Å². The Morgan fingerprint density at radius 3 is 2.36 bits per heavy atom. The number of hydrogen-bond acceptors (Lipinski definition) is 6. The van der Waals surface area contributed by atoms with Gasteiger partial charge in [-0.25, -0.2) is 9.69 Å². The number of carbonyl (C=O) groups excluding carboxylic acids is 4. The predicted octanol–water partition coefficient (Wildman–Crippen LogP) is 5.73. The second-order valence-corrected chi connectivity index (χ2v) is 9.29. The Morgan fingerprint density at radius 1 is 0.923 bits per heavy atom. The number of carbonyl (C=O) groups is 4. The maximum Gasteiger partial charge on any atom is 0.335 e. The van der Waals surface area contributed by atoms with E-state index >= 15 is 0 Å². The van der Waals surface area contributed by atoms with Crippen molar-refractivity contribution >= 4 is 76.0 Å². The monoisotopic (exact) mass is 587 g/mol. The van der Waals surface area contributed by atoms with Crippen LogP contribution in [0.15, 0.2) is 66.2 Å². The standard InChI is InChI=1S/C27H20Cl3N3O6/c1-2-38-23-12-15(3-10-22(23)39-14-24(34)31-17-6-9-20(29)21(30)13-17)11-19-25(35)32-27(37)33(26(19)36)18-7-4-16(28)5-8-18/h3-13H,2,14H2,1H3,(H,31,34)(H,32,35,37)/b19-11-. The van der Waals surface area contributed by atoms with E-state index in [0.717, 1.165) is 4.90 Å². The molecule has 0 aromatic heterocycles. The number of nitrogens with one attached hydrogen (secondary N) is 2. The summed E-state index contributed by atoms with van der Waals surface area (Å²) in [7, 11) is 0. The van der Waals surface area contributed by atoms with E-state index in [4.69, 9.17) is 44.3 Å². The first-order valence-corrected chi connectivity index (χ1v) is 12.6. The summed E-state index contributed by atoms with van der Waals surface area (Å²) in [5, 5.41) is 5.90. The van der Waals surface area contributed by atoms with Gasteiger partial charge in [0.2, 0.25) is 0 Å². The van der Waals surface area contributed by atoms with Gasteiger partial charge in [0.1, 0.15) is 5.57 Å². The summed E-state index contributed by atoms with van der Waals surface area (Å²) >= 11 is 17.8. The SMILES string of the molecule is CCOc1cc(/C=C2/C(=O)NC(=O)N(c3ccc(Cl)cc3)C2=O)ccc1OCC(=O)Nc1ccc(Cl)c(Cl)c1. The van der Waals surface area contributed by atoms with Crippen LogP contribution in [0.2, 0.25) is 15.1 Å². The van der Waals surface area contributed by atoms with E-state index in [1.807, 2.05) is 0 Å². The molecule has 1 heterocycles. The van der Waals surface area contributed by atoms with Gasteiger partial charge < -0.3 is 14.8 Å². The molecule has 0 radical (unpaired) electrons. The molecule has 200 valence electrons. The zero-order chi connectivity index (χ0) is 28.1. The lowest BCUT2D eigenvalue weighted by Gasteiger charge is -2.26. The lowest BCUT2D eigenvalue weighted by molar-refractivity contribution is -0.122. The van der Waals surface area contributed by atoms with E-state index in [1.54, 1.807) is 31.2 Å². The van der Waals surface area contributed by atoms with Crippen molar-refractivity contribution in [1.82, 2.24) is 5.32 Å². The molecule has 39 heavy (non-hydrogen) atoms. The molecule has 0 aliphatic carbocycles. The second-order valence-electron chi connectivity index (χ2n) is 8.04. The Kier molecular flexibility index (Phi) is 8.75. The van der Waals surface area contributed by atoms with Crippen molar-refractivity contribution in [2.24, 2.45) is 0 Å². The van der Waals surface area contributed by atoms with Gasteiger partial charge in [-0.15, -0.1) is 0 Å². The van der Waals surface area contributed by atoms with Crippen LogP contribution in [-0.2, 0) is 14.4 Å². The molecule has 3 aromatic rings. The van der Waals surface area contributed by atoms with Gasteiger partial charge in [-0.1, -0.05) is 40.9 Å². The predicted molar refractivity (Wildman–Crippen MR) is 149 cm³/mol. The Hall–Kier alpha value is -4.05. The molecule has 0 unspecified atom stereocenters. The molecule has 12 heteroatoms. The number of nitrogens with zero attached hydrogens (tertiary/aromatic N) is 1. The smallest absolute Gasteiger partial charge is 0.335 e. The molecule has 3 aromatic carbocycles. The zero-order valence-corrected chi connectivity index (χ0v) is 22.6. The van der Waals surface area contributed by atoms with Gasteiger partial charge >= 0.3 is 6.03 Å². The van der Waals surface area contributed by atoms with Crippen molar-refractivity contribution in [2.45, 2.75) is 6.92 Å². The van der Waals surface area contributed by atoms with E-state index in [2.05, 4.69) is 10.6 Å². The summed E-state index contributed by atoms with van der Waals surface area (Å²) in [6.45, 7) is 1.71. The Bertz CT molecular complexity index is 1490. The first-order valence-electron chi connectivity index (χ1n) is 11.5. The summed E-state index contributed by atoms with van der Waals surface area (Å²) in [6, 6.07) is 14.5. The van der Waals surface area contributed by atoms with E-state index < -0.39 is 23.8 Å². The van der Waals surface area contributed by atoms with Crippen LogP contribution in [0.4, 0.5) is 16.2 Å². The molecule has 2 N–H and O–H groups in total. The third-order valence-electron chi connectivity index (χ3n) is 5.33. The Labute approximate surface area is 238 Å². The molecule has 1 aliphatic rings. The fourth-order valence-electron chi connectivity index (χ4n) is 3.57. The number of amides is 5. The van der Waals surface area contributed by atoms with Crippen molar-refractivity contribution in [1.29, 1.82) is 0 Å². The fourth-order valence-corrected chi connectivity index (χ4v) is 3.99. The summed E-state index contributed by atoms with van der Waals surface area (Å²) in [6.07, 6.45) is 1.33. The lowest BCUT2D eigenvalue weighted by Crippen LogP contribution is -2.54. The number of imide groups is 2. The number of halogens is 3. The van der Waals surface area contributed by atoms with Gasteiger partial charge in [0.05, 0.1) is 22.3 Å². The number of benzene rings is 3. The average molecular weight is 589 g/mol. The number of barbiturate groups is 1. The van der Waals surface area contributed by atoms with E-state index in [1.165, 1.54) is 42.5 Å².